The molecule has 2 saturated heterocycles. The molecule has 0 aromatic rings. The first-order valence-electron chi connectivity index (χ1n) is 8.48. The lowest BCUT2D eigenvalue weighted by atomic mass is 9.92. The van der Waals surface area contributed by atoms with E-state index in [4.69, 9.17) is 0 Å². The van der Waals surface area contributed by atoms with Crippen molar-refractivity contribution in [1.29, 1.82) is 0 Å². The van der Waals surface area contributed by atoms with Crippen molar-refractivity contribution in [2.24, 2.45) is 11.8 Å². The van der Waals surface area contributed by atoms with E-state index < -0.39 is 0 Å². The van der Waals surface area contributed by atoms with E-state index in [-0.39, 0.29) is 11.8 Å². The minimum atomic E-state index is 0.191. The Hall–Kier alpha value is -0.610. The molecule has 0 spiro atoms. The van der Waals surface area contributed by atoms with Crippen molar-refractivity contribution in [3.05, 3.63) is 0 Å². The van der Waals surface area contributed by atoms with Gasteiger partial charge in [0.05, 0.1) is 5.92 Å². The number of likely N-dealkylation sites (tertiary alicyclic amines) is 1. The Kier molecular flexibility index (Phi) is 6.30. The molecule has 0 aliphatic carbocycles. The number of hydrogen-bond donors (Lipinski definition) is 2. The van der Waals surface area contributed by atoms with Crippen LogP contribution in [0, 0.1) is 11.8 Å². The maximum atomic E-state index is 12.2. The van der Waals surface area contributed by atoms with E-state index in [1.807, 2.05) is 0 Å². The van der Waals surface area contributed by atoms with Crippen LogP contribution in [-0.2, 0) is 4.79 Å². The van der Waals surface area contributed by atoms with Crippen LogP contribution in [0.4, 0.5) is 0 Å². The van der Waals surface area contributed by atoms with E-state index in [0.717, 1.165) is 26.1 Å². The van der Waals surface area contributed by atoms with E-state index in [0.29, 0.717) is 12.0 Å². The van der Waals surface area contributed by atoms with E-state index in [1.54, 1.807) is 0 Å². The quantitative estimate of drug-likeness (QED) is 0.745. The van der Waals surface area contributed by atoms with Crippen LogP contribution in [-0.4, -0.2) is 49.6 Å². The molecule has 2 N–H and O–H groups in total. The number of hydrogen-bond acceptors (Lipinski definition) is 3. The molecular weight excluding hydrogens is 250 g/mol. The van der Waals surface area contributed by atoms with Crippen molar-refractivity contribution in [2.45, 2.75) is 52.0 Å². The highest BCUT2D eigenvalue weighted by atomic mass is 16.1. The van der Waals surface area contributed by atoms with Crippen LogP contribution < -0.4 is 10.6 Å². The lowest BCUT2D eigenvalue weighted by molar-refractivity contribution is -0.124. The summed E-state index contributed by atoms with van der Waals surface area (Å²) in [6.45, 7) is 9.65. The lowest BCUT2D eigenvalue weighted by Crippen LogP contribution is -2.48. The van der Waals surface area contributed by atoms with Crippen molar-refractivity contribution in [3.8, 4) is 0 Å². The average Bonchev–Trinajstić information content (AvgIpc) is 3.15. The molecular formula is C16H31N3O. The molecule has 0 saturated carbocycles. The normalized spacial score (nSPS) is 25.2. The zero-order chi connectivity index (χ0) is 14.4. The average molecular weight is 281 g/mol. The van der Waals surface area contributed by atoms with Gasteiger partial charge in [0, 0.05) is 19.1 Å². The number of rotatable bonds is 7. The summed E-state index contributed by atoms with van der Waals surface area (Å²) in [5, 5.41) is 6.50. The summed E-state index contributed by atoms with van der Waals surface area (Å²) in [4.78, 5) is 14.8. The van der Waals surface area contributed by atoms with Gasteiger partial charge in [0.1, 0.15) is 0 Å². The molecule has 0 aromatic heterocycles. The Balaban J connectivity index is 1.87. The Bertz CT molecular complexity index is 290. The van der Waals surface area contributed by atoms with Crippen molar-refractivity contribution in [2.75, 3.05) is 32.7 Å². The summed E-state index contributed by atoms with van der Waals surface area (Å²) < 4.78 is 0. The molecule has 2 heterocycles. The van der Waals surface area contributed by atoms with Gasteiger partial charge in [0.15, 0.2) is 0 Å². The van der Waals surface area contributed by atoms with Gasteiger partial charge in [0.2, 0.25) is 5.91 Å². The van der Waals surface area contributed by atoms with Gasteiger partial charge in [-0.15, -0.1) is 0 Å². The smallest absolute Gasteiger partial charge is 0.224 e. The molecule has 2 aliphatic rings. The SMILES string of the molecule is CCC(CC)C(CNC(=O)C1CCNC1)N1CCCC1. The molecule has 2 aliphatic heterocycles. The first-order chi connectivity index (χ1) is 9.76. The van der Waals surface area contributed by atoms with Gasteiger partial charge in [-0.25, -0.2) is 0 Å². The minimum absolute atomic E-state index is 0.191. The van der Waals surface area contributed by atoms with Gasteiger partial charge in [0.25, 0.3) is 0 Å². The number of nitrogens with one attached hydrogen (secondary N) is 2. The second-order valence-electron chi connectivity index (χ2n) is 6.32. The van der Waals surface area contributed by atoms with Crippen LogP contribution >= 0.6 is 0 Å². The van der Waals surface area contributed by atoms with Gasteiger partial charge in [-0.05, 0) is 44.8 Å². The zero-order valence-corrected chi connectivity index (χ0v) is 13.2. The highest BCUT2D eigenvalue weighted by Gasteiger charge is 2.29. The van der Waals surface area contributed by atoms with Gasteiger partial charge in [-0.1, -0.05) is 26.7 Å². The third-order valence-corrected chi connectivity index (χ3v) is 5.12. The third-order valence-electron chi connectivity index (χ3n) is 5.12. The van der Waals surface area contributed by atoms with Gasteiger partial charge in [-0.3, -0.25) is 9.69 Å². The lowest BCUT2D eigenvalue weighted by Gasteiger charge is -2.34. The monoisotopic (exact) mass is 281 g/mol. The maximum Gasteiger partial charge on any atom is 0.224 e. The van der Waals surface area contributed by atoms with Crippen molar-refractivity contribution >= 4 is 5.91 Å². The molecule has 2 unspecified atom stereocenters. The molecule has 0 radical (unpaired) electrons. The summed E-state index contributed by atoms with van der Waals surface area (Å²) in [5.74, 6) is 1.15. The van der Waals surface area contributed by atoms with E-state index in [2.05, 4.69) is 29.4 Å². The molecule has 4 nitrogen and oxygen atoms in total. The molecule has 2 fully saturated rings. The molecule has 4 heteroatoms. The van der Waals surface area contributed by atoms with Crippen molar-refractivity contribution < 1.29 is 4.79 Å². The summed E-state index contributed by atoms with van der Waals surface area (Å²) in [5.41, 5.74) is 0. The largest absolute Gasteiger partial charge is 0.354 e. The Morgan fingerprint density at radius 1 is 1.30 bits per heavy atom. The molecule has 0 bridgehead atoms. The Morgan fingerprint density at radius 2 is 2.00 bits per heavy atom. The van der Waals surface area contributed by atoms with Crippen molar-refractivity contribution in [1.82, 2.24) is 15.5 Å². The van der Waals surface area contributed by atoms with Crippen LogP contribution in [0.5, 0.6) is 0 Å². The predicted octanol–water partition coefficient (Wildman–Crippen LogP) is 1.61. The van der Waals surface area contributed by atoms with Crippen molar-refractivity contribution in [3.63, 3.8) is 0 Å². The fourth-order valence-corrected chi connectivity index (χ4v) is 3.73. The van der Waals surface area contributed by atoms with Crippen LogP contribution in [0.3, 0.4) is 0 Å². The van der Waals surface area contributed by atoms with Crippen LogP contribution in [0.15, 0.2) is 0 Å². The molecule has 116 valence electrons. The highest BCUT2D eigenvalue weighted by Crippen LogP contribution is 2.22. The number of amides is 1. The van der Waals surface area contributed by atoms with Crippen LogP contribution in [0.1, 0.15) is 46.0 Å². The molecule has 20 heavy (non-hydrogen) atoms. The third kappa shape index (κ3) is 3.95. The summed E-state index contributed by atoms with van der Waals surface area (Å²) in [6.07, 6.45) is 6.04. The van der Waals surface area contributed by atoms with E-state index in [9.17, 15) is 4.79 Å². The van der Waals surface area contributed by atoms with Gasteiger partial charge < -0.3 is 10.6 Å². The van der Waals surface area contributed by atoms with E-state index >= 15 is 0 Å². The maximum absolute atomic E-state index is 12.2. The summed E-state index contributed by atoms with van der Waals surface area (Å²) in [6, 6.07) is 0.533. The van der Waals surface area contributed by atoms with Crippen LogP contribution in [0.25, 0.3) is 0 Å². The molecule has 0 aromatic carbocycles. The summed E-state index contributed by atoms with van der Waals surface area (Å²) in [7, 11) is 0. The molecule has 1 amide bonds. The molecule has 2 atom stereocenters. The second-order valence-corrected chi connectivity index (χ2v) is 6.32. The Morgan fingerprint density at radius 3 is 2.55 bits per heavy atom. The minimum Gasteiger partial charge on any atom is -0.354 e. The number of nitrogens with zero attached hydrogens (tertiary/aromatic N) is 1. The standard InChI is InChI=1S/C16H31N3O/c1-3-13(4-2)15(19-9-5-6-10-19)12-18-16(20)14-7-8-17-11-14/h13-15,17H,3-12H2,1-2H3,(H,18,20). The number of carbonyl (C=O) groups excluding carboxylic acids is 1. The van der Waals surface area contributed by atoms with Gasteiger partial charge >= 0.3 is 0 Å². The number of carbonyl (C=O) groups is 1. The first kappa shape index (κ1) is 15.8. The molecule has 2 rings (SSSR count). The zero-order valence-electron chi connectivity index (χ0n) is 13.2. The first-order valence-corrected chi connectivity index (χ1v) is 8.48. The van der Waals surface area contributed by atoms with Gasteiger partial charge in [-0.2, -0.15) is 0 Å². The second kappa shape index (κ2) is 7.99. The van der Waals surface area contributed by atoms with Crippen LogP contribution in [0.2, 0.25) is 0 Å². The summed E-state index contributed by atoms with van der Waals surface area (Å²) >= 11 is 0. The fraction of sp³-hybridized carbons (Fsp3) is 0.938. The van der Waals surface area contributed by atoms with E-state index in [1.165, 1.54) is 38.8 Å². The predicted molar refractivity (Wildman–Crippen MR) is 82.7 cm³/mol. The Labute approximate surface area is 123 Å². The fourth-order valence-electron chi connectivity index (χ4n) is 3.73. The topological polar surface area (TPSA) is 44.4 Å². The highest BCUT2D eigenvalue weighted by molar-refractivity contribution is 5.79.